The number of fused-ring (bicyclic) bond motifs is 2. The van der Waals surface area contributed by atoms with Gasteiger partial charge in [-0.2, -0.15) is 4.72 Å². The number of halogens is 1. The van der Waals surface area contributed by atoms with Crippen molar-refractivity contribution in [2.24, 2.45) is 11.1 Å². The lowest BCUT2D eigenvalue weighted by molar-refractivity contribution is -0.152. The molecule has 57 heavy (non-hydrogen) atoms. The fourth-order valence-electron chi connectivity index (χ4n) is 7.57. The summed E-state index contributed by atoms with van der Waals surface area (Å²) in [4.78, 5) is 39.9. The smallest absolute Gasteiger partial charge is 0.326 e. The van der Waals surface area contributed by atoms with Crippen molar-refractivity contribution in [2.75, 3.05) is 24.2 Å². The summed E-state index contributed by atoms with van der Waals surface area (Å²) in [5.74, 6) is -1.85. The van der Waals surface area contributed by atoms with Crippen LogP contribution in [0.2, 0.25) is 5.02 Å². The van der Waals surface area contributed by atoms with Gasteiger partial charge in [0.1, 0.15) is 28.0 Å². The lowest BCUT2D eigenvalue weighted by Crippen LogP contribution is -2.55. The van der Waals surface area contributed by atoms with E-state index in [1.807, 2.05) is 0 Å². The molecule has 6 atom stereocenters. The van der Waals surface area contributed by atoms with Crippen molar-refractivity contribution in [3.63, 3.8) is 0 Å². The Hall–Kier alpha value is -3.02. The molecule has 1 amide bonds. The Morgan fingerprint density at radius 2 is 1.81 bits per heavy atom. The first kappa shape index (κ1) is 45.1. The minimum Gasteiger partial charge on any atom is -0.480 e. The lowest BCUT2D eigenvalue weighted by Gasteiger charge is -2.35. The molecule has 0 radical (unpaired) electrons. The number of nitrogens with zero attached hydrogens (tertiary/aromatic N) is 1. The van der Waals surface area contributed by atoms with Gasteiger partial charge in [0.05, 0.1) is 29.1 Å². The zero-order valence-electron chi connectivity index (χ0n) is 31.5. The summed E-state index contributed by atoms with van der Waals surface area (Å²) in [6, 6.07) is 6.10. The standard InChI is InChI=1S/C35H49ClN6O11S4/c1-3-53-35(46)26(39-21(2)33(43)42-28-10-5-4-8-23(28)16-29(42)34(44)45)9-6-7-15-38-55(47,48)20-22-11-13-24(14-12-22)54-19-32-40-27-17-25(36)30(56(37,49)50)18-31(27)57(51,52)41-32/h11-14,17-18,21,23,26,28-29,32,38-41H,3-10,15-16,19-20H2,1-2H3,(H,44,45)(H2,37,49,50)/t21-,23?,26-,28?,29?,32?/m0/s1. The molecule has 22 heteroatoms. The van der Waals surface area contributed by atoms with E-state index in [0.717, 1.165) is 36.6 Å². The molecule has 2 aromatic rings. The minimum absolute atomic E-state index is 0.111. The molecule has 5 rings (SSSR count). The third-order valence-electron chi connectivity index (χ3n) is 10.2. The van der Waals surface area contributed by atoms with Crippen LogP contribution in [0.5, 0.6) is 0 Å². The summed E-state index contributed by atoms with van der Waals surface area (Å²) in [5, 5.41) is 20.8. The van der Waals surface area contributed by atoms with E-state index in [0.29, 0.717) is 24.8 Å². The number of thioether (sulfide) groups is 1. The predicted molar refractivity (Wildman–Crippen MR) is 214 cm³/mol. The topological polar surface area (TPSA) is 260 Å². The van der Waals surface area contributed by atoms with Gasteiger partial charge in [0.25, 0.3) is 0 Å². The van der Waals surface area contributed by atoms with Gasteiger partial charge in [0.2, 0.25) is 36.0 Å². The van der Waals surface area contributed by atoms with Gasteiger partial charge >= 0.3 is 11.9 Å². The van der Waals surface area contributed by atoms with Gasteiger partial charge in [-0.25, -0.2) is 39.9 Å². The molecular weight excluding hydrogens is 844 g/mol. The van der Waals surface area contributed by atoms with Crippen molar-refractivity contribution in [1.29, 1.82) is 0 Å². The van der Waals surface area contributed by atoms with Crippen LogP contribution < -0.4 is 25.2 Å². The number of rotatable bonds is 18. The molecule has 3 aliphatic rings. The van der Waals surface area contributed by atoms with Crippen LogP contribution in [0.1, 0.15) is 70.8 Å². The normalized spacial score (nSPS) is 22.8. The second kappa shape index (κ2) is 18.9. The Morgan fingerprint density at radius 3 is 2.47 bits per heavy atom. The summed E-state index contributed by atoms with van der Waals surface area (Å²) in [6.45, 7) is 3.53. The zero-order valence-corrected chi connectivity index (χ0v) is 35.5. The number of esters is 1. The van der Waals surface area contributed by atoms with Crippen LogP contribution in [0, 0.1) is 5.92 Å². The number of ether oxygens (including phenoxy) is 1. The van der Waals surface area contributed by atoms with Crippen LogP contribution in [0.15, 0.2) is 51.1 Å². The van der Waals surface area contributed by atoms with Crippen molar-refractivity contribution in [3.8, 4) is 0 Å². The number of primary sulfonamides is 1. The number of carbonyl (C=O) groups is 3. The van der Waals surface area contributed by atoms with Crippen molar-refractivity contribution in [1.82, 2.24) is 19.7 Å². The molecular formula is C35H49ClN6O11S4. The highest BCUT2D eigenvalue weighted by molar-refractivity contribution is 7.99. The zero-order chi connectivity index (χ0) is 41.7. The Balaban J connectivity index is 1.08. The van der Waals surface area contributed by atoms with Gasteiger partial charge in [-0.05, 0) is 88.1 Å². The summed E-state index contributed by atoms with van der Waals surface area (Å²) in [6.07, 6.45) is 4.34. The van der Waals surface area contributed by atoms with E-state index in [4.69, 9.17) is 21.5 Å². The maximum atomic E-state index is 13.6. The lowest BCUT2D eigenvalue weighted by atomic mass is 9.84. The highest BCUT2D eigenvalue weighted by Gasteiger charge is 2.48. The number of carbonyl (C=O) groups excluding carboxylic acids is 2. The molecule has 4 unspecified atom stereocenters. The molecule has 1 saturated carbocycles. The monoisotopic (exact) mass is 892 g/mol. The van der Waals surface area contributed by atoms with Crippen LogP contribution in [0.3, 0.4) is 0 Å². The largest absolute Gasteiger partial charge is 0.480 e. The van der Waals surface area contributed by atoms with E-state index in [2.05, 4.69) is 20.1 Å². The maximum Gasteiger partial charge on any atom is 0.326 e. The molecule has 2 heterocycles. The number of hydrogen-bond donors (Lipinski definition) is 6. The molecule has 7 N–H and O–H groups in total. The van der Waals surface area contributed by atoms with Gasteiger partial charge < -0.3 is 20.1 Å². The highest BCUT2D eigenvalue weighted by Crippen LogP contribution is 2.40. The number of unbranched alkanes of at least 4 members (excludes halogenated alkanes) is 1. The second-order valence-electron chi connectivity index (χ2n) is 14.4. The first-order valence-electron chi connectivity index (χ1n) is 18.6. The quantitative estimate of drug-likeness (QED) is 0.0715. The molecule has 2 aromatic carbocycles. The molecule has 2 fully saturated rings. The average molecular weight is 894 g/mol. The summed E-state index contributed by atoms with van der Waals surface area (Å²) in [5.41, 5.74) is 0.638. The Kier molecular flexibility index (Phi) is 15.0. The fraction of sp³-hybridized carbons (Fsp3) is 0.571. The molecule has 1 saturated heterocycles. The molecule has 17 nitrogen and oxygen atoms in total. The Labute approximate surface area is 342 Å². The Morgan fingerprint density at radius 1 is 1.11 bits per heavy atom. The van der Waals surface area contributed by atoms with E-state index in [1.54, 1.807) is 38.1 Å². The molecule has 1 aliphatic carbocycles. The van der Waals surface area contributed by atoms with Crippen LogP contribution in [-0.2, 0) is 54.9 Å². The third-order valence-corrected chi connectivity index (χ3v) is 15.6. The molecule has 316 valence electrons. The number of aliphatic carboxylic acids is 1. The molecule has 0 bridgehead atoms. The summed E-state index contributed by atoms with van der Waals surface area (Å²) < 4.78 is 85.4. The number of nitrogens with two attached hydrogens (primary N) is 1. The van der Waals surface area contributed by atoms with Crippen LogP contribution >= 0.6 is 23.4 Å². The second-order valence-corrected chi connectivity index (χ2v) is 20.9. The summed E-state index contributed by atoms with van der Waals surface area (Å²) in [7, 11) is -12.1. The van der Waals surface area contributed by atoms with Crippen LogP contribution in [0.4, 0.5) is 5.69 Å². The van der Waals surface area contributed by atoms with Crippen molar-refractivity contribution in [3.05, 3.63) is 47.0 Å². The van der Waals surface area contributed by atoms with E-state index < -0.39 is 71.2 Å². The van der Waals surface area contributed by atoms with Crippen molar-refractivity contribution < 1.29 is 49.5 Å². The Bertz CT molecular complexity index is 2140. The predicted octanol–water partition coefficient (Wildman–Crippen LogP) is 2.55. The van der Waals surface area contributed by atoms with Crippen molar-refractivity contribution in [2.45, 2.75) is 116 Å². The highest BCUT2D eigenvalue weighted by atomic mass is 35.5. The van der Waals surface area contributed by atoms with Gasteiger partial charge in [-0.3, -0.25) is 14.9 Å². The van der Waals surface area contributed by atoms with Crippen LogP contribution in [-0.4, -0.2) is 102 Å². The van der Waals surface area contributed by atoms with E-state index >= 15 is 0 Å². The number of nitrogens with one attached hydrogen (secondary N) is 4. The minimum atomic E-state index is -4.26. The number of carboxylic acid groups (broad SMARTS) is 1. The molecule has 2 aliphatic heterocycles. The fourth-order valence-corrected chi connectivity index (χ4v) is 12.2. The average Bonchev–Trinajstić information content (AvgIpc) is 3.52. The van der Waals surface area contributed by atoms with Crippen molar-refractivity contribution >= 4 is 77.0 Å². The van der Waals surface area contributed by atoms with E-state index in [-0.39, 0.29) is 64.6 Å². The third kappa shape index (κ3) is 11.6. The van der Waals surface area contributed by atoms with E-state index in [9.17, 15) is 44.7 Å². The van der Waals surface area contributed by atoms with Gasteiger partial charge in [0, 0.05) is 23.2 Å². The van der Waals surface area contributed by atoms with Gasteiger partial charge in [0.15, 0.2) is 0 Å². The number of anilines is 1. The number of amides is 1. The first-order chi connectivity index (χ1) is 26.8. The SMILES string of the molecule is CCOC(=O)[C@H](CCCCNS(=O)(=O)Cc1ccc(SCC2Nc3cc(Cl)c(S(N)(=O)=O)cc3S(=O)(=O)N2)cc1)N[C@@H](C)C(=O)N1C(C(=O)O)CC2CCCCC21. The number of likely N-dealkylation sites (tertiary alicyclic amines) is 1. The van der Waals surface area contributed by atoms with Gasteiger partial charge in [-0.1, -0.05) is 36.6 Å². The summed E-state index contributed by atoms with van der Waals surface area (Å²) >= 11 is 7.35. The number of carboxylic acids is 1. The number of hydrogen-bond acceptors (Lipinski definition) is 13. The number of benzene rings is 2. The number of sulfonamides is 3. The first-order valence-corrected chi connectivity index (χ1v) is 24.7. The molecule has 0 spiro atoms. The van der Waals surface area contributed by atoms with Gasteiger partial charge in [-0.15, -0.1) is 11.8 Å². The van der Waals surface area contributed by atoms with E-state index in [1.165, 1.54) is 22.7 Å². The van der Waals surface area contributed by atoms with Crippen LogP contribution in [0.25, 0.3) is 0 Å². The molecule has 0 aromatic heterocycles. The maximum absolute atomic E-state index is 13.6.